The van der Waals surface area contributed by atoms with Crippen molar-refractivity contribution in [1.82, 2.24) is 9.55 Å². The van der Waals surface area contributed by atoms with Gasteiger partial charge in [0.15, 0.2) is 5.78 Å². The summed E-state index contributed by atoms with van der Waals surface area (Å²) in [6, 6.07) is 11.2. The van der Waals surface area contributed by atoms with E-state index in [-0.39, 0.29) is 11.6 Å². The van der Waals surface area contributed by atoms with Crippen LogP contribution in [-0.4, -0.2) is 21.1 Å². The van der Waals surface area contributed by atoms with Crippen LogP contribution in [0.2, 0.25) is 0 Å². The number of hydrogen-bond donors (Lipinski definition) is 0. The molecule has 21 heavy (non-hydrogen) atoms. The SMILES string of the molecule is CC(=O)c1cnccc1C(=O)c1cc2ccccc2n1C. The van der Waals surface area contributed by atoms with Gasteiger partial charge < -0.3 is 4.57 Å². The van der Waals surface area contributed by atoms with Gasteiger partial charge in [-0.05, 0) is 25.1 Å². The lowest BCUT2D eigenvalue weighted by atomic mass is 10.0. The van der Waals surface area contributed by atoms with Crippen molar-refractivity contribution < 1.29 is 9.59 Å². The fourth-order valence-corrected chi connectivity index (χ4v) is 2.52. The number of carbonyl (C=O) groups excluding carboxylic acids is 2. The molecule has 0 fully saturated rings. The lowest BCUT2D eigenvalue weighted by Crippen LogP contribution is -2.12. The first-order valence-corrected chi connectivity index (χ1v) is 6.63. The molecule has 0 unspecified atom stereocenters. The maximum atomic E-state index is 12.8. The second-order valence-electron chi connectivity index (χ2n) is 4.95. The van der Waals surface area contributed by atoms with Crippen LogP contribution in [0, 0.1) is 0 Å². The highest BCUT2D eigenvalue weighted by Gasteiger charge is 2.19. The number of pyridine rings is 1. The molecule has 0 radical (unpaired) electrons. The topological polar surface area (TPSA) is 52.0 Å². The first-order chi connectivity index (χ1) is 10.1. The second kappa shape index (κ2) is 4.98. The molecule has 0 aliphatic heterocycles. The van der Waals surface area contributed by atoms with Crippen LogP contribution in [0.25, 0.3) is 10.9 Å². The summed E-state index contributed by atoms with van der Waals surface area (Å²) in [7, 11) is 1.85. The van der Waals surface area contributed by atoms with Crippen molar-refractivity contribution in [3.05, 3.63) is 65.6 Å². The van der Waals surface area contributed by atoms with Gasteiger partial charge in [0.05, 0.1) is 5.69 Å². The lowest BCUT2D eigenvalue weighted by molar-refractivity contribution is 0.0987. The fraction of sp³-hybridized carbons (Fsp3) is 0.118. The molecule has 104 valence electrons. The summed E-state index contributed by atoms with van der Waals surface area (Å²) in [5.74, 6) is -0.327. The maximum absolute atomic E-state index is 12.8. The van der Waals surface area contributed by atoms with Crippen LogP contribution in [0.4, 0.5) is 0 Å². The minimum atomic E-state index is -0.165. The van der Waals surface area contributed by atoms with E-state index in [0.717, 1.165) is 10.9 Å². The summed E-state index contributed by atoms with van der Waals surface area (Å²) in [6.07, 6.45) is 2.97. The molecule has 0 bridgehead atoms. The minimum absolute atomic E-state index is 0.162. The van der Waals surface area contributed by atoms with E-state index in [1.165, 1.54) is 19.3 Å². The van der Waals surface area contributed by atoms with Gasteiger partial charge in [0.25, 0.3) is 0 Å². The van der Waals surface area contributed by atoms with E-state index in [1.54, 1.807) is 6.07 Å². The normalized spacial score (nSPS) is 10.8. The van der Waals surface area contributed by atoms with Gasteiger partial charge in [-0.1, -0.05) is 18.2 Å². The highest BCUT2D eigenvalue weighted by Crippen LogP contribution is 2.22. The van der Waals surface area contributed by atoms with Gasteiger partial charge in [-0.25, -0.2) is 0 Å². The molecule has 0 atom stereocenters. The Kier molecular flexibility index (Phi) is 3.14. The first-order valence-electron chi connectivity index (χ1n) is 6.63. The molecular weight excluding hydrogens is 264 g/mol. The van der Waals surface area contributed by atoms with Gasteiger partial charge in [0.2, 0.25) is 5.78 Å². The fourth-order valence-electron chi connectivity index (χ4n) is 2.52. The Morgan fingerprint density at radius 3 is 2.57 bits per heavy atom. The van der Waals surface area contributed by atoms with Crippen LogP contribution in [0.15, 0.2) is 48.8 Å². The molecule has 2 aromatic heterocycles. The average molecular weight is 278 g/mol. The van der Waals surface area contributed by atoms with Crippen molar-refractivity contribution in [1.29, 1.82) is 0 Å². The average Bonchev–Trinajstić information content (AvgIpc) is 2.84. The number of para-hydroxylation sites is 1. The number of carbonyl (C=O) groups is 2. The Bertz CT molecular complexity index is 862. The van der Waals surface area contributed by atoms with E-state index < -0.39 is 0 Å². The Morgan fingerprint density at radius 2 is 1.86 bits per heavy atom. The number of nitrogens with zero attached hydrogens (tertiary/aromatic N) is 2. The predicted molar refractivity (Wildman–Crippen MR) is 80.6 cm³/mol. The zero-order valence-corrected chi connectivity index (χ0v) is 11.8. The molecule has 3 rings (SSSR count). The summed E-state index contributed by atoms with van der Waals surface area (Å²) < 4.78 is 1.85. The zero-order chi connectivity index (χ0) is 15.0. The number of aromatic nitrogens is 2. The monoisotopic (exact) mass is 278 g/mol. The minimum Gasteiger partial charge on any atom is -0.341 e. The Morgan fingerprint density at radius 1 is 1.10 bits per heavy atom. The second-order valence-corrected chi connectivity index (χ2v) is 4.95. The van der Waals surface area contributed by atoms with Crippen molar-refractivity contribution >= 4 is 22.5 Å². The predicted octanol–water partition coefficient (Wildman–Crippen LogP) is 3.01. The van der Waals surface area contributed by atoms with Crippen molar-refractivity contribution in [2.45, 2.75) is 6.92 Å². The number of benzene rings is 1. The molecule has 0 saturated carbocycles. The summed E-state index contributed by atoms with van der Waals surface area (Å²) in [4.78, 5) is 28.3. The molecule has 0 aliphatic carbocycles. The van der Waals surface area contributed by atoms with Crippen molar-refractivity contribution in [3.8, 4) is 0 Å². The standard InChI is InChI=1S/C17H14N2O2/c1-11(20)14-10-18-8-7-13(14)17(21)16-9-12-5-3-4-6-15(12)19(16)2/h3-10H,1-2H3. The zero-order valence-electron chi connectivity index (χ0n) is 11.8. The molecule has 0 amide bonds. The van der Waals surface area contributed by atoms with Gasteiger partial charge in [-0.3, -0.25) is 14.6 Å². The largest absolute Gasteiger partial charge is 0.341 e. The Labute approximate surface area is 122 Å². The smallest absolute Gasteiger partial charge is 0.210 e. The van der Waals surface area contributed by atoms with Crippen molar-refractivity contribution in [2.24, 2.45) is 7.05 Å². The van der Waals surface area contributed by atoms with Gasteiger partial charge in [-0.15, -0.1) is 0 Å². The number of hydrogen-bond acceptors (Lipinski definition) is 3. The summed E-state index contributed by atoms with van der Waals surface area (Å²) in [5.41, 5.74) is 2.29. The quantitative estimate of drug-likeness (QED) is 0.692. The first kappa shape index (κ1) is 13.2. The highest BCUT2D eigenvalue weighted by molar-refractivity contribution is 6.15. The Hall–Kier alpha value is -2.75. The summed E-state index contributed by atoms with van der Waals surface area (Å²) >= 11 is 0. The van der Waals surface area contributed by atoms with Crippen LogP contribution >= 0.6 is 0 Å². The van der Waals surface area contributed by atoms with Crippen LogP contribution < -0.4 is 0 Å². The summed E-state index contributed by atoms with van der Waals surface area (Å²) in [6.45, 7) is 1.44. The molecule has 3 aromatic rings. The maximum Gasteiger partial charge on any atom is 0.210 e. The van der Waals surface area contributed by atoms with E-state index in [4.69, 9.17) is 0 Å². The third-order valence-electron chi connectivity index (χ3n) is 3.63. The molecule has 1 aromatic carbocycles. The number of ketones is 2. The van der Waals surface area contributed by atoms with Crippen LogP contribution in [-0.2, 0) is 7.05 Å². The van der Waals surface area contributed by atoms with Gasteiger partial charge in [-0.2, -0.15) is 0 Å². The molecule has 0 saturated heterocycles. The van der Waals surface area contributed by atoms with Crippen LogP contribution in [0.5, 0.6) is 0 Å². The molecule has 2 heterocycles. The number of Topliss-reactive ketones (excluding diaryl/α,β-unsaturated/α-hetero) is 1. The molecule has 0 N–H and O–H groups in total. The van der Waals surface area contributed by atoms with Crippen molar-refractivity contribution in [2.75, 3.05) is 0 Å². The molecule has 4 nitrogen and oxygen atoms in total. The van der Waals surface area contributed by atoms with Crippen molar-refractivity contribution in [3.63, 3.8) is 0 Å². The van der Waals surface area contributed by atoms with Crippen LogP contribution in [0.3, 0.4) is 0 Å². The number of aryl methyl sites for hydroxylation is 1. The Balaban J connectivity index is 2.18. The highest BCUT2D eigenvalue weighted by atomic mass is 16.1. The third-order valence-corrected chi connectivity index (χ3v) is 3.63. The molecule has 0 spiro atoms. The number of fused-ring (bicyclic) bond motifs is 1. The number of rotatable bonds is 3. The van der Waals surface area contributed by atoms with E-state index in [0.29, 0.717) is 16.8 Å². The van der Waals surface area contributed by atoms with E-state index in [2.05, 4.69) is 4.98 Å². The van der Waals surface area contributed by atoms with Gasteiger partial charge in [0.1, 0.15) is 0 Å². The van der Waals surface area contributed by atoms with E-state index >= 15 is 0 Å². The summed E-state index contributed by atoms with van der Waals surface area (Å²) in [5, 5.41) is 1.00. The van der Waals surface area contributed by atoms with E-state index in [9.17, 15) is 9.59 Å². The van der Waals surface area contributed by atoms with Crippen LogP contribution in [0.1, 0.15) is 33.3 Å². The molecule has 4 heteroatoms. The molecule has 0 aliphatic rings. The van der Waals surface area contributed by atoms with Gasteiger partial charge in [0, 0.05) is 41.5 Å². The third kappa shape index (κ3) is 2.14. The lowest BCUT2D eigenvalue weighted by Gasteiger charge is -2.06. The molecular formula is C17H14N2O2. The van der Waals surface area contributed by atoms with Gasteiger partial charge >= 0.3 is 0 Å². The van der Waals surface area contributed by atoms with E-state index in [1.807, 2.05) is 41.9 Å².